The molecule has 1 atom stereocenters. The van der Waals surface area contributed by atoms with Crippen molar-refractivity contribution in [3.63, 3.8) is 0 Å². The molecule has 29 heavy (non-hydrogen) atoms. The number of hydrogen-bond acceptors (Lipinski definition) is 4. The quantitative estimate of drug-likeness (QED) is 0.650. The summed E-state index contributed by atoms with van der Waals surface area (Å²) in [6, 6.07) is 8.42. The molecule has 1 aliphatic heterocycles. The number of aromatic amines is 1. The summed E-state index contributed by atoms with van der Waals surface area (Å²) in [7, 11) is 1.66. The van der Waals surface area contributed by atoms with Gasteiger partial charge in [-0.3, -0.25) is 9.69 Å². The van der Waals surface area contributed by atoms with E-state index >= 15 is 0 Å². The van der Waals surface area contributed by atoms with Gasteiger partial charge in [0.25, 0.3) is 0 Å². The minimum absolute atomic E-state index is 0.0298. The van der Waals surface area contributed by atoms with E-state index in [4.69, 9.17) is 4.74 Å². The molecule has 0 amide bonds. The van der Waals surface area contributed by atoms with E-state index in [0.717, 1.165) is 53.2 Å². The summed E-state index contributed by atoms with van der Waals surface area (Å²) in [4.78, 5) is 23.2. The standard InChI is InChI=1S/C23H26FN3O2/c1-14-9-17(10-15(2)23(14)29-3)22(28)16-5-4-8-27(12-16)13-21-25-19-7-6-18(24)11-20(19)26-21/h6-7,9-11,16H,4-5,8,12-13H2,1-3H3,(H,25,26)/t16-/m0/s1. The van der Waals surface area contributed by atoms with Crippen LogP contribution in [0.1, 0.15) is 40.2 Å². The van der Waals surface area contributed by atoms with E-state index in [1.807, 2.05) is 26.0 Å². The molecule has 0 saturated carbocycles. The molecule has 0 spiro atoms. The molecular formula is C23H26FN3O2. The Morgan fingerprint density at radius 3 is 2.76 bits per heavy atom. The van der Waals surface area contributed by atoms with Gasteiger partial charge in [0.1, 0.15) is 17.4 Å². The highest BCUT2D eigenvalue weighted by molar-refractivity contribution is 5.98. The highest BCUT2D eigenvalue weighted by atomic mass is 19.1. The predicted octanol–water partition coefficient (Wildman–Crippen LogP) is 4.42. The molecule has 1 N–H and O–H groups in total. The maximum Gasteiger partial charge on any atom is 0.167 e. The fourth-order valence-corrected chi connectivity index (χ4v) is 4.38. The molecule has 4 rings (SSSR count). The molecule has 3 aromatic rings. The summed E-state index contributed by atoms with van der Waals surface area (Å²) in [5.41, 5.74) is 4.19. The minimum Gasteiger partial charge on any atom is -0.496 e. The Bertz CT molecular complexity index is 1040. The average Bonchev–Trinajstić information content (AvgIpc) is 3.08. The number of rotatable bonds is 5. The van der Waals surface area contributed by atoms with Crippen molar-refractivity contribution in [1.29, 1.82) is 0 Å². The normalized spacial score (nSPS) is 17.6. The second-order valence-corrected chi connectivity index (χ2v) is 7.93. The van der Waals surface area contributed by atoms with Crippen molar-refractivity contribution >= 4 is 16.8 Å². The molecule has 0 bridgehead atoms. The molecule has 0 radical (unpaired) electrons. The SMILES string of the molecule is COc1c(C)cc(C(=O)[C@H]2CCCN(Cc3nc4ccc(F)cc4[nH]3)C2)cc1C. The van der Waals surface area contributed by atoms with E-state index in [-0.39, 0.29) is 17.5 Å². The van der Waals surface area contributed by atoms with E-state index in [9.17, 15) is 9.18 Å². The number of piperidine rings is 1. The van der Waals surface area contributed by atoms with E-state index < -0.39 is 0 Å². The number of Topliss-reactive ketones (excluding diaryl/α,β-unsaturated/α-hetero) is 1. The number of methoxy groups -OCH3 is 1. The highest BCUT2D eigenvalue weighted by Crippen LogP contribution is 2.28. The number of aromatic nitrogens is 2. The van der Waals surface area contributed by atoms with Crippen molar-refractivity contribution in [3.8, 4) is 5.75 Å². The van der Waals surface area contributed by atoms with Crippen LogP contribution in [-0.2, 0) is 6.54 Å². The van der Waals surface area contributed by atoms with Crippen LogP contribution in [0.15, 0.2) is 30.3 Å². The molecule has 152 valence electrons. The van der Waals surface area contributed by atoms with Crippen LogP contribution < -0.4 is 4.74 Å². The Kier molecular flexibility index (Phi) is 5.37. The van der Waals surface area contributed by atoms with Crippen LogP contribution in [0.4, 0.5) is 4.39 Å². The fraction of sp³-hybridized carbons (Fsp3) is 0.391. The van der Waals surface area contributed by atoms with Crippen molar-refractivity contribution in [2.45, 2.75) is 33.2 Å². The first-order valence-corrected chi connectivity index (χ1v) is 10.0. The van der Waals surface area contributed by atoms with Crippen LogP contribution >= 0.6 is 0 Å². The number of imidazole rings is 1. The zero-order valence-corrected chi connectivity index (χ0v) is 17.1. The van der Waals surface area contributed by atoms with E-state index in [1.54, 1.807) is 13.2 Å². The van der Waals surface area contributed by atoms with Crippen molar-refractivity contribution in [2.75, 3.05) is 20.2 Å². The Hall–Kier alpha value is -2.73. The van der Waals surface area contributed by atoms with Gasteiger partial charge in [-0.15, -0.1) is 0 Å². The number of nitrogens with one attached hydrogen (secondary N) is 1. The first-order valence-electron chi connectivity index (χ1n) is 10.0. The highest BCUT2D eigenvalue weighted by Gasteiger charge is 2.27. The van der Waals surface area contributed by atoms with Crippen LogP contribution in [0.3, 0.4) is 0 Å². The second kappa shape index (κ2) is 7.95. The summed E-state index contributed by atoms with van der Waals surface area (Å²) < 4.78 is 18.8. The number of benzene rings is 2. The smallest absolute Gasteiger partial charge is 0.167 e. The number of carbonyl (C=O) groups excluding carboxylic acids is 1. The number of likely N-dealkylation sites (tertiary alicyclic amines) is 1. The number of nitrogens with zero attached hydrogens (tertiary/aromatic N) is 2. The molecule has 1 aliphatic rings. The van der Waals surface area contributed by atoms with Crippen LogP contribution in [0.5, 0.6) is 5.75 Å². The number of H-pyrrole nitrogens is 1. The van der Waals surface area contributed by atoms with Crippen molar-refractivity contribution in [1.82, 2.24) is 14.9 Å². The number of hydrogen-bond donors (Lipinski definition) is 1. The fourth-order valence-electron chi connectivity index (χ4n) is 4.38. The maximum absolute atomic E-state index is 13.4. The number of ketones is 1. The third-order valence-electron chi connectivity index (χ3n) is 5.69. The molecule has 0 aliphatic carbocycles. The predicted molar refractivity (Wildman–Crippen MR) is 111 cm³/mol. The second-order valence-electron chi connectivity index (χ2n) is 7.93. The van der Waals surface area contributed by atoms with Gasteiger partial charge in [0.15, 0.2) is 5.78 Å². The third-order valence-corrected chi connectivity index (χ3v) is 5.69. The van der Waals surface area contributed by atoms with Gasteiger partial charge in [-0.25, -0.2) is 9.37 Å². The summed E-state index contributed by atoms with van der Waals surface area (Å²) in [6.45, 7) is 6.20. The van der Waals surface area contributed by atoms with Gasteiger partial charge in [0.2, 0.25) is 0 Å². The summed E-state index contributed by atoms with van der Waals surface area (Å²) in [5.74, 6) is 1.53. The topological polar surface area (TPSA) is 58.2 Å². The van der Waals surface area contributed by atoms with Gasteiger partial charge in [-0.1, -0.05) is 0 Å². The summed E-state index contributed by atoms with van der Waals surface area (Å²) in [6.07, 6.45) is 1.87. The van der Waals surface area contributed by atoms with Crippen LogP contribution in [0, 0.1) is 25.6 Å². The van der Waals surface area contributed by atoms with Crippen LogP contribution in [-0.4, -0.2) is 40.9 Å². The molecule has 2 heterocycles. The van der Waals surface area contributed by atoms with E-state index in [2.05, 4.69) is 14.9 Å². The van der Waals surface area contributed by atoms with Gasteiger partial charge >= 0.3 is 0 Å². The number of carbonyl (C=O) groups is 1. The maximum atomic E-state index is 13.4. The molecule has 2 aromatic carbocycles. The monoisotopic (exact) mass is 395 g/mol. The van der Waals surface area contributed by atoms with Crippen molar-refractivity contribution in [2.24, 2.45) is 5.92 Å². The van der Waals surface area contributed by atoms with Gasteiger partial charge in [0.05, 0.1) is 24.7 Å². The number of aryl methyl sites for hydroxylation is 2. The van der Waals surface area contributed by atoms with Gasteiger partial charge in [-0.05, 0) is 74.7 Å². The molecule has 0 unspecified atom stereocenters. The zero-order chi connectivity index (χ0) is 20.5. The molecule has 1 aromatic heterocycles. The molecule has 1 fully saturated rings. The number of halogens is 1. The first-order chi connectivity index (χ1) is 13.9. The first kappa shape index (κ1) is 19.6. The minimum atomic E-state index is -0.276. The number of ether oxygens (including phenoxy) is 1. The molecule has 6 heteroatoms. The Morgan fingerprint density at radius 1 is 1.28 bits per heavy atom. The average molecular weight is 395 g/mol. The lowest BCUT2D eigenvalue weighted by Crippen LogP contribution is -2.38. The van der Waals surface area contributed by atoms with Gasteiger partial charge in [-0.2, -0.15) is 0 Å². The number of fused-ring (bicyclic) bond motifs is 1. The molecule has 5 nitrogen and oxygen atoms in total. The van der Waals surface area contributed by atoms with Crippen molar-refractivity contribution in [3.05, 3.63) is 58.7 Å². The lowest BCUT2D eigenvalue weighted by Gasteiger charge is -2.31. The lowest BCUT2D eigenvalue weighted by atomic mass is 9.88. The largest absolute Gasteiger partial charge is 0.496 e. The van der Waals surface area contributed by atoms with Crippen molar-refractivity contribution < 1.29 is 13.9 Å². The lowest BCUT2D eigenvalue weighted by molar-refractivity contribution is 0.0808. The van der Waals surface area contributed by atoms with Crippen LogP contribution in [0.2, 0.25) is 0 Å². The Labute approximate surface area is 169 Å². The molecule has 1 saturated heterocycles. The summed E-state index contributed by atoms with van der Waals surface area (Å²) >= 11 is 0. The van der Waals surface area contributed by atoms with Gasteiger partial charge in [0, 0.05) is 18.0 Å². The van der Waals surface area contributed by atoms with Crippen LogP contribution in [0.25, 0.3) is 11.0 Å². The third kappa shape index (κ3) is 4.03. The zero-order valence-electron chi connectivity index (χ0n) is 17.1. The Balaban J connectivity index is 1.48. The molecular weight excluding hydrogens is 369 g/mol. The summed E-state index contributed by atoms with van der Waals surface area (Å²) in [5, 5.41) is 0. The van der Waals surface area contributed by atoms with E-state index in [0.29, 0.717) is 18.6 Å². The van der Waals surface area contributed by atoms with Gasteiger partial charge < -0.3 is 9.72 Å². The Morgan fingerprint density at radius 2 is 2.03 bits per heavy atom. The van der Waals surface area contributed by atoms with E-state index in [1.165, 1.54) is 12.1 Å².